The van der Waals surface area contributed by atoms with E-state index in [4.69, 9.17) is 4.42 Å². The zero-order chi connectivity index (χ0) is 36.5. The average molecular weight is 727 g/mol. The van der Waals surface area contributed by atoms with Crippen molar-refractivity contribution in [2.24, 2.45) is 0 Å². The fourth-order valence-corrected chi connectivity index (χ4v) is 10.8. The molecule has 0 spiro atoms. The topological polar surface area (TPSA) is 13.1 Å². The van der Waals surface area contributed by atoms with Gasteiger partial charge in [-0.25, -0.2) is 0 Å². The Labute approximate surface area is 325 Å². The fraction of sp³-hybridized carbons (Fsp3) is 0. The molecule has 0 fully saturated rings. The zero-order valence-corrected chi connectivity index (χ0v) is 31.0. The maximum Gasteiger partial charge on any atom is 0.135 e. The van der Waals surface area contributed by atoms with E-state index in [-0.39, 0.29) is 0 Å². The number of hydrogen-bond donors (Lipinski definition) is 0. The molecular weight excluding hydrogens is 697 g/mol. The Bertz CT molecular complexity index is 3820. The lowest BCUT2D eigenvalue weighted by atomic mass is 9.90. The number of hydrogen-bond acceptors (Lipinski definition) is 2. The van der Waals surface area contributed by atoms with Crippen molar-refractivity contribution in [1.29, 1.82) is 0 Å². The Kier molecular flexibility index (Phi) is 6.11. The van der Waals surface area contributed by atoms with Gasteiger partial charge in [0.15, 0.2) is 0 Å². The van der Waals surface area contributed by atoms with E-state index < -0.39 is 0 Å². The largest absolute Gasteiger partial charge is 0.456 e. The number of fused-ring (bicyclic) bond motifs is 18. The maximum absolute atomic E-state index is 6.49. The summed E-state index contributed by atoms with van der Waals surface area (Å²) >= 11 is 1.88. The number of thiophene rings is 1. The van der Waals surface area contributed by atoms with Gasteiger partial charge in [-0.1, -0.05) is 133 Å². The summed E-state index contributed by atoms with van der Waals surface area (Å²) in [4.78, 5) is 0. The third-order valence-electron chi connectivity index (χ3n) is 12.2. The minimum absolute atomic E-state index is 0.902. The van der Waals surface area contributed by atoms with Gasteiger partial charge in [0.25, 0.3) is 0 Å². The van der Waals surface area contributed by atoms with Crippen LogP contribution in [0.25, 0.3) is 129 Å². The summed E-state index contributed by atoms with van der Waals surface area (Å²) in [5.74, 6) is 0. The predicted molar refractivity (Wildman–Crippen MR) is 243 cm³/mol. The van der Waals surface area contributed by atoms with Crippen molar-refractivity contribution in [1.82, 2.24) is 0 Å². The lowest BCUT2D eigenvalue weighted by molar-refractivity contribution is 0.669. The highest BCUT2D eigenvalue weighted by atomic mass is 32.1. The lowest BCUT2D eigenvalue weighted by Crippen LogP contribution is -1.86. The first-order valence-electron chi connectivity index (χ1n) is 19.2. The SMILES string of the molecule is c1ccc2c(c1)ccc1c3ccccc3c(-c3ccc4oc5ccc(-c6ccc7c(c6)c6ccccc6c6ccc8sc9ccccc9c8c67)cc5c4c3)cc21. The number of benzene rings is 11. The normalized spacial score (nSPS) is 12.3. The Morgan fingerprint density at radius 2 is 0.804 bits per heavy atom. The molecule has 13 rings (SSSR count). The summed E-state index contributed by atoms with van der Waals surface area (Å²) in [7, 11) is 0. The molecule has 2 aromatic heterocycles. The van der Waals surface area contributed by atoms with Gasteiger partial charge >= 0.3 is 0 Å². The molecule has 0 bridgehead atoms. The van der Waals surface area contributed by atoms with Crippen molar-refractivity contribution in [2.75, 3.05) is 0 Å². The first-order valence-corrected chi connectivity index (χ1v) is 20.1. The van der Waals surface area contributed by atoms with E-state index in [1.54, 1.807) is 0 Å². The molecule has 0 amide bonds. The minimum Gasteiger partial charge on any atom is -0.456 e. The number of furan rings is 1. The van der Waals surface area contributed by atoms with Gasteiger partial charge in [-0.3, -0.25) is 0 Å². The molecule has 0 aliphatic carbocycles. The van der Waals surface area contributed by atoms with E-state index in [2.05, 4.69) is 182 Å². The van der Waals surface area contributed by atoms with Gasteiger partial charge in [0, 0.05) is 30.9 Å². The van der Waals surface area contributed by atoms with Crippen molar-refractivity contribution < 1.29 is 4.42 Å². The van der Waals surface area contributed by atoms with Crippen molar-refractivity contribution in [3.8, 4) is 22.3 Å². The summed E-state index contributed by atoms with van der Waals surface area (Å²) in [5.41, 5.74) is 6.60. The van der Waals surface area contributed by atoms with Gasteiger partial charge in [-0.2, -0.15) is 0 Å². The molecule has 1 nitrogen and oxygen atoms in total. The molecule has 0 aliphatic rings. The van der Waals surface area contributed by atoms with Crippen LogP contribution in [0, 0.1) is 0 Å². The van der Waals surface area contributed by atoms with Crippen LogP contribution in [0.3, 0.4) is 0 Å². The molecule has 2 heteroatoms. The summed E-state index contributed by atoms with van der Waals surface area (Å²) in [6.07, 6.45) is 0. The van der Waals surface area contributed by atoms with Gasteiger partial charge in [0.05, 0.1) is 0 Å². The quantitative estimate of drug-likeness (QED) is 0.162. The van der Waals surface area contributed by atoms with Crippen molar-refractivity contribution in [2.45, 2.75) is 0 Å². The van der Waals surface area contributed by atoms with Crippen LogP contribution in [0.2, 0.25) is 0 Å². The molecule has 258 valence electrons. The van der Waals surface area contributed by atoms with Gasteiger partial charge < -0.3 is 4.42 Å². The second-order valence-corrected chi connectivity index (χ2v) is 16.2. The Hall–Kier alpha value is -7.00. The van der Waals surface area contributed by atoms with Gasteiger partial charge in [-0.05, 0) is 135 Å². The first-order chi connectivity index (χ1) is 27.7. The van der Waals surface area contributed by atoms with Gasteiger partial charge in [0.2, 0.25) is 0 Å². The highest BCUT2D eigenvalue weighted by Crippen LogP contribution is 2.46. The molecule has 2 heterocycles. The third kappa shape index (κ3) is 4.19. The molecule has 0 radical (unpaired) electrons. The standard InChI is InChI=1S/C54H30OS/c1-2-10-35-31(9-1)17-21-40-36-11-3-5-13-38(36)44(30-46(35)40)34-20-25-50-48(29-34)47-28-33(19-24-49(47)55-50)32-18-22-42-45(27-32)39-14-6-4-12-37(39)41-23-26-52-54(53(41)42)43-15-7-8-16-51(43)56-52/h1-30H. The van der Waals surface area contributed by atoms with E-state index in [1.807, 2.05) is 11.3 Å². The highest BCUT2D eigenvalue weighted by Gasteiger charge is 2.17. The second kappa shape index (κ2) is 11.3. The minimum atomic E-state index is 0.902. The lowest BCUT2D eigenvalue weighted by Gasteiger charge is -2.13. The molecular formula is C54H30OS. The molecule has 13 aromatic rings. The summed E-state index contributed by atoms with van der Waals surface area (Å²) < 4.78 is 9.16. The first kappa shape index (κ1) is 30.3. The molecule has 0 atom stereocenters. The Balaban J connectivity index is 1.03. The molecule has 0 saturated heterocycles. The van der Waals surface area contributed by atoms with Crippen LogP contribution in [0.15, 0.2) is 186 Å². The molecule has 56 heavy (non-hydrogen) atoms. The molecule has 0 N–H and O–H groups in total. The van der Waals surface area contributed by atoms with E-state index >= 15 is 0 Å². The van der Waals surface area contributed by atoms with Crippen LogP contribution in [-0.4, -0.2) is 0 Å². The number of rotatable bonds is 2. The smallest absolute Gasteiger partial charge is 0.135 e. The Morgan fingerprint density at radius 3 is 1.61 bits per heavy atom. The molecule has 0 saturated carbocycles. The third-order valence-corrected chi connectivity index (χ3v) is 13.4. The summed E-state index contributed by atoms with van der Waals surface area (Å²) in [5, 5.41) is 20.4. The molecule has 0 unspecified atom stereocenters. The Morgan fingerprint density at radius 1 is 0.286 bits per heavy atom. The summed E-state index contributed by atoms with van der Waals surface area (Å²) in [6.45, 7) is 0. The van der Waals surface area contributed by atoms with E-state index in [9.17, 15) is 0 Å². The van der Waals surface area contributed by atoms with Crippen LogP contribution in [0.4, 0.5) is 0 Å². The highest BCUT2D eigenvalue weighted by molar-refractivity contribution is 7.26. The van der Waals surface area contributed by atoms with Crippen molar-refractivity contribution >= 4 is 118 Å². The average Bonchev–Trinajstić information content (AvgIpc) is 3.83. The zero-order valence-electron chi connectivity index (χ0n) is 30.1. The molecule has 0 aliphatic heterocycles. The van der Waals surface area contributed by atoms with Crippen molar-refractivity contribution in [3.05, 3.63) is 182 Å². The van der Waals surface area contributed by atoms with Crippen molar-refractivity contribution in [3.63, 3.8) is 0 Å². The van der Waals surface area contributed by atoms with Crippen LogP contribution in [0.5, 0.6) is 0 Å². The van der Waals surface area contributed by atoms with Gasteiger partial charge in [0.1, 0.15) is 11.2 Å². The van der Waals surface area contributed by atoms with Crippen LogP contribution < -0.4 is 0 Å². The second-order valence-electron chi connectivity index (χ2n) is 15.1. The van der Waals surface area contributed by atoms with E-state index in [0.717, 1.165) is 21.9 Å². The monoisotopic (exact) mass is 726 g/mol. The van der Waals surface area contributed by atoms with Crippen LogP contribution >= 0.6 is 11.3 Å². The van der Waals surface area contributed by atoms with E-state index in [1.165, 1.54) is 107 Å². The maximum atomic E-state index is 6.49. The van der Waals surface area contributed by atoms with Crippen LogP contribution in [0.1, 0.15) is 0 Å². The van der Waals surface area contributed by atoms with E-state index in [0.29, 0.717) is 0 Å². The summed E-state index contributed by atoms with van der Waals surface area (Å²) in [6, 6.07) is 67.3. The van der Waals surface area contributed by atoms with Gasteiger partial charge in [-0.15, -0.1) is 11.3 Å². The van der Waals surface area contributed by atoms with Crippen LogP contribution in [-0.2, 0) is 0 Å². The fourth-order valence-electron chi connectivity index (χ4n) is 9.66. The molecule has 11 aromatic carbocycles. The predicted octanol–water partition coefficient (Wildman–Crippen LogP) is 16.2.